The lowest BCUT2D eigenvalue weighted by molar-refractivity contribution is 0.102. The number of pyridine rings is 1. The molecule has 8 nitrogen and oxygen atoms in total. The lowest BCUT2D eigenvalue weighted by atomic mass is 9.98. The smallest absolute Gasteiger partial charge is 0.260 e. The number of benzene rings is 1. The number of aryl methyl sites for hydroxylation is 1. The van der Waals surface area contributed by atoms with Crippen molar-refractivity contribution in [2.45, 2.75) is 25.8 Å². The zero-order chi connectivity index (χ0) is 21.9. The first-order valence-corrected chi connectivity index (χ1v) is 10.6. The number of carbonyl (C=O) groups excluding carboxylic acids is 1. The first-order valence-electron chi connectivity index (χ1n) is 10.6. The minimum Gasteiger partial charge on any atom is -0.493 e. The lowest BCUT2D eigenvalue weighted by Gasteiger charge is -2.18. The highest BCUT2D eigenvalue weighted by Gasteiger charge is 2.21. The van der Waals surface area contributed by atoms with Gasteiger partial charge in [0.15, 0.2) is 5.82 Å². The summed E-state index contributed by atoms with van der Waals surface area (Å²) in [6, 6.07) is 8.17. The molecule has 164 valence electrons. The van der Waals surface area contributed by atoms with Gasteiger partial charge in [-0.05, 0) is 43.0 Å². The molecule has 2 aromatic heterocycles. The van der Waals surface area contributed by atoms with Gasteiger partial charge >= 0.3 is 0 Å². The van der Waals surface area contributed by atoms with Crippen LogP contribution in [-0.2, 0) is 11.3 Å². The molecular weight excluding hydrogens is 413 g/mol. The Kier molecular flexibility index (Phi) is 5.64. The average Bonchev–Trinajstić information content (AvgIpc) is 3.28. The van der Waals surface area contributed by atoms with Gasteiger partial charge in [-0.3, -0.25) is 4.79 Å². The molecule has 0 saturated heterocycles. The van der Waals surface area contributed by atoms with E-state index in [2.05, 4.69) is 20.5 Å². The summed E-state index contributed by atoms with van der Waals surface area (Å²) in [4.78, 5) is 17.7. The van der Waals surface area contributed by atoms with Gasteiger partial charge < -0.3 is 19.4 Å². The van der Waals surface area contributed by atoms with Crippen LogP contribution < -0.4 is 10.1 Å². The Morgan fingerprint density at radius 1 is 1.12 bits per heavy atom. The Labute approximate surface area is 184 Å². The second-order valence-corrected chi connectivity index (χ2v) is 7.65. The molecule has 5 rings (SSSR count). The summed E-state index contributed by atoms with van der Waals surface area (Å²) in [5, 5.41) is 11.0. The van der Waals surface area contributed by atoms with Crippen molar-refractivity contribution in [3.05, 3.63) is 59.7 Å². The van der Waals surface area contributed by atoms with Gasteiger partial charge in [0.05, 0.1) is 25.4 Å². The highest BCUT2D eigenvalue weighted by atomic mass is 19.1. The van der Waals surface area contributed by atoms with E-state index < -0.39 is 11.7 Å². The van der Waals surface area contributed by atoms with Crippen molar-refractivity contribution in [2.24, 2.45) is 0 Å². The highest BCUT2D eigenvalue weighted by molar-refractivity contribution is 6.06. The molecule has 0 unspecified atom stereocenters. The maximum atomic E-state index is 14.9. The van der Waals surface area contributed by atoms with E-state index in [0.717, 1.165) is 18.4 Å². The van der Waals surface area contributed by atoms with Gasteiger partial charge in [-0.1, -0.05) is 12.1 Å². The second-order valence-electron chi connectivity index (χ2n) is 7.65. The SMILES string of the molecule is O=C1Nc2cccc(n2)-c2nncn2CCCCOc2cc(F)c(C3=CCOCC3)cc21. The number of aromatic nitrogens is 4. The molecule has 0 saturated carbocycles. The highest BCUT2D eigenvalue weighted by Crippen LogP contribution is 2.31. The normalized spacial score (nSPS) is 16.7. The molecule has 32 heavy (non-hydrogen) atoms. The van der Waals surface area contributed by atoms with E-state index in [1.54, 1.807) is 24.5 Å². The number of hydrogen-bond acceptors (Lipinski definition) is 6. The van der Waals surface area contributed by atoms with Crippen LogP contribution in [0.5, 0.6) is 5.75 Å². The topological polar surface area (TPSA) is 91.2 Å². The Hall–Kier alpha value is -3.59. The predicted octanol–water partition coefficient (Wildman–Crippen LogP) is 3.71. The van der Waals surface area contributed by atoms with Gasteiger partial charge in [0.25, 0.3) is 5.91 Å². The Morgan fingerprint density at radius 2 is 2.06 bits per heavy atom. The fraction of sp³-hybridized carbons (Fsp3) is 0.304. The van der Waals surface area contributed by atoms with Crippen LogP contribution in [0, 0.1) is 5.82 Å². The Morgan fingerprint density at radius 3 is 2.94 bits per heavy atom. The van der Waals surface area contributed by atoms with Crippen molar-refractivity contribution in [3.8, 4) is 17.3 Å². The zero-order valence-electron chi connectivity index (χ0n) is 17.4. The Balaban J connectivity index is 1.54. The molecule has 4 heterocycles. The molecule has 3 aromatic rings. The molecule has 0 aliphatic carbocycles. The van der Waals surface area contributed by atoms with Gasteiger partial charge in [-0.15, -0.1) is 10.2 Å². The van der Waals surface area contributed by atoms with Crippen LogP contribution in [0.3, 0.4) is 0 Å². The van der Waals surface area contributed by atoms with Crippen LogP contribution in [0.15, 0.2) is 42.7 Å². The van der Waals surface area contributed by atoms with Crippen LogP contribution in [0.2, 0.25) is 0 Å². The van der Waals surface area contributed by atoms with E-state index in [1.807, 2.05) is 16.7 Å². The van der Waals surface area contributed by atoms with Gasteiger partial charge in [0.2, 0.25) is 0 Å². The van der Waals surface area contributed by atoms with E-state index in [4.69, 9.17) is 9.47 Å². The van der Waals surface area contributed by atoms with Crippen LogP contribution in [0.1, 0.15) is 35.2 Å². The predicted molar refractivity (Wildman–Crippen MR) is 116 cm³/mol. The fourth-order valence-corrected chi connectivity index (χ4v) is 3.87. The minimum atomic E-state index is -0.419. The second kappa shape index (κ2) is 8.88. The van der Waals surface area contributed by atoms with Crippen molar-refractivity contribution >= 4 is 17.3 Å². The minimum absolute atomic E-state index is 0.217. The number of nitrogens with one attached hydrogen (secondary N) is 1. The molecule has 1 N–H and O–H groups in total. The number of carbonyl (C=O) groups is 1. The largest absolute Gasteiger partial charge is 0.493 e. The summed E-state index contributed by atoms with van der Waals surface area (Å²) in [6.45, 7) is 2.00. The molecule has 0 radical (unpaired) electrons. The van der Waals surface area contributed by atoms with Gasteiger partial charge in [0, 0.05) is 18.2 Å². The number of ether oxygens (including phenoxy) is 2. The standard InChI is InChI=1S/C23H22FN5O3/c24-18-13-20-17(12-16(18)15-6-10-31-11-7-15)23(30)27-21-5-3-4-19(26-21)22-28-25-14-29(22)8-1-2-9-32-20/h3-6,12-14H,1-2,7-11H2,(H,26,27,30). The van der Waals surface area contributed by atoms with Gasteiger partial charge in [-0.25, -0.2) is 9.37 Å². The third-order valence-corrected chi connectivity index (χ3v) is 5.51. The zero-order valence-corrected chi connectivity index (χ0v) is 17.4. The van der Waals surface area contributed by atoms with Crippen molar-refractivity contribution in [2.75, 3.05) is 25.1 Å². The molecule has 9 heteroatoms. The summed E-state index contributed by atoms with van der Waals surface area (Å²) in [7, 11) is 0. The molecule has 0 atom stereocenters. The van der Waals surface area contributed by atoms with Crippen molar-refractivity contribution in [1.29, 1.82) is 0 Å². The third-order valence-electron chi connectivity index (χ3n) is 5.51. The monoisotopic (exact) mass is 435 g/mol. The van der Waals surface area contributed by atoms with Gasteiger partial charge in [0.1, 0.15) is 29.4 Å². The molecule has 0 fully saturated rings. The third kappa shape index (κ3) is 4.11. The van der Waals surface area contributed by atoms with E-state index in [0.29, 0.717) is 55.7 Å². The molecule has 2 bridgehead atoms. The van der Waals surface area contributed by atoms with Crippen molar-refractivity contribution < 1.29 is 18.7 Å². The number of hydrogen-bond donors (Lipinski definition) is 1. The summed E-state index contributed by atoms with van der Waals surface area (Å²) in [5.74, 6) is 0.378. The molecule has 1 amide bonds. The van der Waals surface area contributed by atoms with E-state index in [9.17, 15) is 9.18 Å². The number of fused-ring (bicyclic) bond motifs is 5. The number of halogens is 1. The van der Waals surface area contributed by atoms with E-state index >= 15 is 0 Å². The molecule has 2 aliphatic rings. The summed E-state index contributed by atoms with van der Waals surface area (Å²) >= 11 is 0. The van der Waals surface area contributed by atoms with Crippen molar-refractivity contribution in [3.63, 3.8) is 0 Å². The summed E-state index contributed by atoms with van der Waals surface area (Å²) < 4.78 is 28.0. The average molecular weight is 435 g/mol. The Bertz CT molecular complexity index is 1190. The summed E-state index contributed by atoms with van der Waals surface area (Å²) in [5.41, 5.74) is 2.09. The summed E-state index contributed by atoms with van der Waals surface area (Å²) in [6.07, 6.45) is 5.61. The maximum absolute atomic E-state index is 14.9. The quantitative estimate of drug-likeness (QED) is 0.627. The maximum Gasteiger partial charge on any atom is 0.260 e. The van der Waals surface area contributed by atoms with E-state index in [1.165, 1.54) is 6.07 Å². The van der Waals surface area contributed by atoms with Crippen LogP contribution in [-0.4, -0.2) is 45.5 Å². The molecule has 2 aliphatic heterocycles. The lowest BCUT2D eigenvalue weighted by Crippen LogP contribution is -2.17. The van der Waals surface area contributed by atoms with E-state index in [-0.39, 0.29) is 11.3 Å². The number of amides is 1. The van der Waals surface area contributed by atoms with Crippen molar-refractivity contribution in [1.82, 2.24) is 19.7 Å². The first kappa shape index (κ1) is 20.3. The fourth-order valence-electron chi connectivity index (χ4n) is 3.87. The molecule has 0 spiro atoms. The number of anilines is 1. The number of rotatable bonds is 1. The molecule has 1 aromatic carbocycles. The number of nitrogens with zero attached hydrogens (tertiary/aromatic N) is 4. The van der Waals surface area contributed by atoms with Crippen LogP contribution in [0.25, 0.3) is 17.1 Å². The first-order chi connectivity index (χ1) is 15.7. The van der Waals surface area contributed by atoms with Crippen LogP contribution in [0.4, 0.5) is 10.2 Å². The molecular formula is C23H22FN5O3. The van der Waals surface area contributed by atoms with Gasteiger partial charge in [-0.2, -0.15) is 0 Å². The van der Waals surface area contributed by atoms with Crippen LogP contribution >= 0.6 is 0 Å².